The molecular weight excluding hydrogens is 264 g/mol. The number of rotatable bonds is 6. The molecule has 0 fully saturated rings. The van der Waals surface area contributed by atoms with Crippen LogP contribution < -0.4 is 0 Å². The van der Waals surface area contributed by atoms with Gasteiger partial charge in [0.1, 0.15) is 0 Å². The van der Waals surface area contributed by atoms with Crippen LogP contribution in [-0.4, -0.2) is 0 Å². The fourth-order valence-corrected chi connectivity index (χ4v) is 3.02. The minimum absolute atomic E-state index is 0.459. The van der Waals surface area contributed by atoms with Crippen molar-refractivity contribution in [2.75, 3.05) is 0 Å². The van der Waals surface area contributed by atoms with Crippen molar-refractivity contribution in [3.63, 3.8) is 0 Å². The van der Waals surface area contributed by atoms with Crippen LogP contribution in [0.4, 0.5) is 0 Å². The van der Waals surface area contributed by atoms with E-state index in [4.69, 9.17) is 0 Å². The molecule has 0 atom stereocenters. The summed E-state index contributed by atoms with van der Waals surface area (Å²) in [7, 11) is 0. The number of hydrogen-bond acceptors (Lipinski definition) is 0. The first-order chi connectivity index (χ1) is 10.5. The fraction of sp³-hybridized carbons (Fsp3) is 0.455. The van der Waals surface area contributed by atoms with Gasteiger partial charge in [-0.1, -0.05) is 83.1 Å². The summed E-state index contributed by atoms with van der Waals surface area (Å²) in [6.45, 7) is 11.4. The van der Waals surface area contributed by atoms with E-state index in [1.54, 1.807) is 0 Å². The maximum Gasteiger partial charge on any atom is 0.00610 e. The molecule has 0 saturated carbocycles. The molecule has 0 heterocycles. The monoisotopic (exact) mass is 294 g/mol. The highest BCUT2D eigenvalue weighted by Crippen LogP contribution is 2.25. The van der Waals surface area contributed by atoms with E-state index in [2.05, 4.69) is 83.1 Å². The van der Waals surface area contributed by atoms with E-state index in [0.29, 0.717) is 5.92 Å². The molecule has 0 aliphatic carbocycles. The second-order valence-electron chi connectivity index (χ2n) is 7.40. The smallest absolute Gasteiger partial charge is 0.00610 e. The Labute approximate surface area is 136 Å². The van der Waals surface area contributed by atoms with Crippen molar-refractivity contribution in [1.29, 1.82) is 0 Å². The van der Waals surface area contributed by atoms with Crippen LogP contribution in [0.5, 0.6) is 0 Å². The summed E-state index contributed by atoms with van der Waals surface area (Å²) < 4.78 is 0. The van der Waals surface area contributed by atoms with Crippen molar-refractivity contribution in [1.82, 2.24) is 0 Å². The van der Waals surface area contributed by atoms with Gasteiger partial charge >= 0.3 is 0 Å². The lowest BCUT2D eigenvalue weighted by atomic mass is 9.90. The van der Waals surface area contributed by atoms with E-state index in [-0.39, 0.29) is 0 Å². The molecule has 0 radical (unpaired) electrons. The van der Waals surface area contributed by atoms with Crippen LogP contribution in [0.3, 0.4) is 0 Å². The molecule has 118 valence electrons. The van der Waals surface area contributed by atoms with Crippen LogP contribution >= 0.6 is 0 Å². The minimum atomic E-state index is 0.459. The van der Waals surface area contributed by atoms with E-state index in [9.17, 15) is 0 Å². The van der Waals surface area contributed by atoms with Gasteiger partial charge in [0.25, 0.3) is 0 Å². The molecule has 0 heteroatoms. The molecule has 2 aromatic carbocycles. The van der Waals surface area contributed by atoms with Gasteiger partial charge in [-0.25, -0.2) is 0 Å². The first kappa shape index (κ1) is 16.8. The molecule has 0 amide bonds. The summed E-state index contributed by atoms with van der Waals surface area (Å²) in [6.07, 6.45) is 2.33. The Hall–Kier alpha value is -1.56. The van der Waals surface area contributed by atoms with Gasteiger partial charge in [-0.15, -0.1) is 0 Å². The number of hydrogen-bond donors (Lipinski definition) is 0. The molecule has 0 unspecified atom stereocenters. The summed E-state index contributed by atoms with van der Waals surface area (Å²) in [5, 5.41) is 0. The van der Waals surface area contributed by atoms with Crippen LogP contribution in [0, 0.1) is 11.8 Å². The zero-order valence-electron chi connectivity index (χ0n) is 14.8. The van der Waals surface area contributed by atoms with Gasteiger partial charge in [0.15, 0.2) is 0 Å². The molecule has 0 N–H and O–H groups in total. The standard InChI is InChI=1S/C22H30/c1-16(2)14-19-6-10-21(11-7-19)18(5)22-12-8-20(9-13-22)15-17(3)4/h6-13,16-18H,14-15H2,1-5H3. The van der Waals surface area contributed by atoms with E-state index < -0.39 is 0 Å². The molecule has 0 aromatic heterocycles. The van der Waals surface area contributed by atoms with Crippen molar-refractivity contribution in [3.8, 4) is 0 Å². The summed E-state index contributed by atoms with van der Waals surface area (Å²) in [5.74, 6) is 1.90. The van der Waals surface area contributed by atoms with Crippen molar-refractivity contribution in [3.05, 3.63) is 70.8 Å². The highest BCUT2D eigenvalue weighted by Gasteiger charge is 2.09. The Kier molecular flexibility index (Phi) is 5.83. The largest absolute Gasteiger partial charge is 0.0625 e. The molecule has 0 saturated heterocycles. The van der Waals surface area contributed by atoms with Gasteiger partial charge in [-0.2, -0.15) is 0 Å². The van der Waals surface area contributed by atoms with Gasteiger partial charge in [-0.3, -0.25) is 0 Å². The maximum atomic E-state index is 2.30. The predicted octanol–water partition coefficient (Wildman–Crippen LogP) is 6.24. The van der Waals surface area contributed by atoms with Crippen molar-refractivity contribution in [2.45, 2.75) is 53.4 Å². The van der Waals surface area contributed by atoms with Crippen molar-refractivity contribution < 1.29 is 0 Å². The average Bonchev–Trinajstić information content (AvgIpc) is 2.47. The van der Waals surface area contributed by atoms with Crippen LogP contribution in [0.1, 0.15) is 62.8 Å². The Bertz CT molecular complexity index is 504. The average molecular weight is 294 g/mol. The molecular formula is C22H30. The zero-order chi connectivity index (χ0) is 16.1. The van der Waals surface area contributed by atoms with E-state index in [1.807, 2.05) is 0 Å². The number of benzene rings is 2. The zero-order valence-corrected chi connectivity index (χ0v) is 14.8. The Morgan fingerprint density at radius 1 is 0.545 bits per heavy atom. The maximum absolute atomic E-state index is 2.30. The third-order valence-electron chi connectivity index (χ3n) is 4.25. The van der Waals surface area contributed by atoms with E-state index in [0.717, 1.165) is 11.8 Å². The third-order valence-corrected chi connectivity index (χ3v) is 4.25. The molecule has 0 bridgehead atoms. The molecule has 0 nitrogen and oxygen atoms in total. The topological polar surface area (TPSA) is 0 Å². The van der Waals surface area contributed by atoms with Gasteiger partial charge < -0.3 is 0 Å². The molecule has 2 aromatic rings. The highest BCUT2D eigenvalue weighted by molar-refractivity contribution is 5.35. The van der Waals surface area contributed by atoms with Gasteiger partial charge in [0.2, 0.25) is 0 Å². The minimum Gasteiger partial charge on any atom is -0.0625 e. The lowest BCUT2D eigenvalue weighted by Gasteiger charge is -2.15. The van der Waals surface area contributed by atoms with Crippen molar-refractivity contribution >= 4 is 0 Å². The highest BCUT2D eigenvalue weighted by atomic mass is 14.1. The Morgan fingerprint density at radius 3 is 1.14 bits per heavy atom. The molecule has 0 spiro atoms. The van der Waals surface area contributed by atoms with Crippen LogP contribution in [0.15, 0.2) is 48.5 Å². The second kappa shape index (κ2) is 7.63. The normalized spacial score (nSPS) is 11.6. The van der Waals surface area contributed by atoms with Crippen LogP contribution in [0.2, 0.25) is 0 Å². The Morgan fingerprint density at radius 2 is 0.864 bits per heavy atom. The summed E-state index contributed by atoms with van der Waals surface area (Å²) in [6, 6.07) is 18.3. The lowest BCUT2D eigenvalue weighted by molar-refractivity contribution is 0.647. The summed E-state index contributed by atoms with van der Waals surface area (Å²) >= 11 is 0. The first-order valence-corrected chi connectivity index (χ1v) is 8.63. The van der Waals surface area contributed by atoms with Gasteiger partial charge in [-0.05, 0) is 46.9 Å². The fourth-order valence-electron chi connectivity index (χ4n) is 3.02. The summed E-state index contributed by atoms with van der Waals surface area (Å²) in [4.78, 5) is 0. The SMILES string of the molecule is CC(C)Cc1ccc(C(C)c2ccc(CC(C)C)cc2)cc1. The van der Waals surface area contributed by atoms with Crippen LogP contribution in [0.25, 0.3) is 0 Å². The second-order valence-corrected chi connectivity index (χ2v) is 7.40. The quantitative estimate of drug-likeness (QED) is 0.592. The molecule has 2 rings (SSSR count). The van der Waals surface area contributed by atoms with Crippen molar-refractivity contribution in [2.24, 2.45) is 11.8 Å². The molecule has 22 heavy (non-hydrogen) atoms. The first-order valence-electron chi connectivity index (χ1n) is 8.63. The predicted molar refractivity (Wildman–Crippen MR) is 97.5 cm³/mol. The summed E-state index contributed by atoms with van der Waals surface area (Å²) in [5.41, 5.74) is 5.70. The van der Waals surface area contributed by atoms with Crippen LogP contribution in [-0.2, 0) is 12.8 Å². The van der Waals surface area contributed by atoms with E-state index in [1.165, 1.54) is 35.1 Å². The lowest BCUT2D eigenvalue weighted by Crippen LogP contribution is -1.99. The Balaban J connectivity index is 2.08. The van der Waals surface area contributed by atoms with Gasteiger partial charge in [0.05, 0.1) is 0 Å². The third kappa shape index (κ3) is 4.73. The van der Waals surface area contributed by atoms with E-state index >= 15 is 0 Å². The molecule has 0 aliphatic rings. The molecule has 0 aliphatic heterocycles. The van der Waals surface area contributed by atoms with Gasteiger partial charge in [0, 0.05) is 5.92 Å².